The van der Waals surface area contributed by atoms with Crippen LogP contribution in [0.3, 0.4) is 0 Å². The molecule has 23 heavy (non-hydrogen) atoms. The highest BCUT2D eigenvalue weighted by Gasteiger charge is 2.21. The summed E-state index contributed by atoms with van der Waals surface area (Å²) in [7, 11) is -1.14. The molecule has 0 radical (unpaired) electrons. The zero-order valence-corrected chi connectivity index (χ0v) is 15.2. The van der Waals surface area contributed by atoms with Crippen LogP contribution >= 0.6 is 0 Å². The first-order chi connectivity index (χ1) is 10.8. The minimum absolute atomic E-state index is 0.0718. The molecule has 0 aliphatic heterocycles. The molecule has 0 atom stereocenters. The molecule has 0 unspecified atom stereocenters. The highest BCUT2D eigenvalue weighted by Crippen LogP contribution is 2.25. The number of carbonyl (C=O) groups is 1. The maximum Gasteiger partial charge on any atom is 0.356 e. The number of carboxylic acid groups (broad SMARTS) is 1. The molecule has 0 fully saturated rings. The van der Waals surface area contributed by atoms with E-state index >= 15 is 0 Å². The van der Waals surface area contributed by atoms with Crippen LogP contribution in [0.25, 0.3) is 11.3 Å². The van der Waals surface area contributed by atoms with Crippen LogP contribution in [0.1, 0.15) is 16.3 Å². The molecule has 0 aliphatic carbocycles. The summed E-state index contributed by atoms with van der Waals surface area (Å²) in [5.41, 5.74) is 1.50. The minimum atomic E-state index is -1.14. The van der Waals surface area contributed by atoms with Gasteiger partial charge in [0, 0.05) is 20.2 Å². The van der Waals surface area contributed by atoms with Gasteiger partial charge in [0.05, 0.1) is 5.69 Å². The molecule has 0 saturated carbocycles. The quantitative estimate of drug-likeness (QED) is 0.617. The van der Waals surface area contributed by atoms with E-state index in [0.717, 1.165) is 11.6 Å². The standard InChI is InChI=1S/C17H24N2O3Si/c1-13-18-15(17(20)21)16(14-8-6-5-7-9-14)19(13)12-22-10-11-23(2,3)4/h5-9H,10-12H2,1-4H3,(H,20,21). The molecular formula is C17H24N2O3Si. The van der Waals surface area contributed by atoms with E-state index in [1.54, 1.807) is 6.92 Å². The van der Waals surface area contributed by atoms with Crippen molar-refractivity contribution in [1.29, 1.82) is 0 Å². The maximum atomic E-state index is 11.5. The van der Waals surface area contributed by atoms with Crippen LogP contribution in [-0.2, 0) is 11.5 Å². The smallest absolute Gasteiger partial charge is 0.356 e. The number of aryl methyl sites for hydroxylation is 1. The molecular weight excluding hydrogens is 308 g/mol. The molecule has 1 heterocycles. The number of aromatic nitrogens is 2. The molecule has 0 bridgehead atoms. The summed E-state index contributed by atoms with van der Waals surface area (Å²) in [6, 6.07) is 10.5. The minimum Gasteiger partial charge on any atom is -0.476 e. The topological polar surface area (TPSA) is 64.3 Å². The van der Waals surface area contributed by atoms with Crippen molar-refractivity contribution in [3.63, 3.8) is 0 Å². The molecule has 0 amide bonds. The number of hydrogen-bond acceptors (Lipinski definition) is 3. The molecule has 2 aromatic rings. The fourth-order valence-corrected chi connectivity index (χ4v) is 3.05. The summed E-state index contributed by atoms with van der Waals surface area (Å²) >= 11 is 0. The summed E-state index contributed by atoms with van der Waals surface area (Å²) in [5, 5.41) is 9.43. The lowest BCUT2D eigenvalue weighted by Crippen LogP contribution is -2.22. The van der Waals surface area contributed by atoms with Gasteiger partial charge in [-0.15, -0.1) is 0 Å². The van der Waals surface area contributed by atoms with E-state index in [-0.39, 0.29) is 5.69 Å². The van der Waals surface area contributed by atoms with Crippen molar-refractivity contribution in [2.75, 3.05) is 6.61 Å². The second-order valence-corrected chi connectivity index (χ2v) is 12.4. The molecule has 0 aliphatic rings. The lowest BCUT2D eigenvalue weighted by atomic mass is 10.1. The second-order valence-electron chi connectivity index (χ2n) is 6.80. The summed E-state index contributed by atoms with van der Waals surface area (Å²) in [6.45, 7) is 9.72. The average molecular weight is 332 g/mol. The molecule has 2 rings (SSSR count). The Bertz CT molecular complexity index is 675. The van der Waals surface area contributed by atoms with Gasteiger partial charge in [-0.1, -0.05) is 50.0 Å². The van der Waals surface area contributed by atoms with Gasteiger partial charge in [0.2, 0.25) is 0 Å². The monoisotopic (exact) mass is 332 g/mol. The molecule has 0 saturated heterocycles. The average Bonchev–Trinajstić information content (AvgIpc) is 2.81. The number of hydrogen-bond donors (Lipinski definition) is 1. The number of ether oxygens (including phenoxy) is 1. The van der Waals surface area contributed by atoms with Gasteiger partial charge in [-0.05, 0) is 13.0 Å². The number of aromatic carboxylic acids is 1. The first-order valence-electron chi connectivity index (χ1n) is 7.73. The van der Waals surface area contributed by atoms with Crippen LogP contribution < -0.4 is 0 Å². The first kappa shape index (κ1) is 17.4. The van der Waals surface area contributed by atoms with Crippen LogP contribution in [0.5, 0.6) is 0 Å². The van der Waals surface area contributed by atoms with E-state index in [4.69, 9.17) is 4.74 Å². The Labute approximate surface area is 137 Å². The second kappa shape index (κ2) is 7.10. The largest absolute Gasteiger partial charge is 0.476 e. The van der Waals surface area contributed by atoms with Gasteiger partial charge in [0.15, 0.2) is 5.69 Å². The summed E-state index contributed by atoms with van der Waals surface area (Å²) in [5.74, 6) is -0.373. The Morgan fingerprint density at radius 1 is 1.26 bits per heavy atom. The third-order valence-electron chi connectivity index (χ3n) is 3.63. The van der Waals surface area contributed by atoms with Gasteiger partial charge in [-0.3, -0.25) is 0 Å². The number of carboxylic acids is 1. The van der Waals surface area contributed by atoms with Crippen LogP contribution in [-0.4, -0.2) is 35.3 Å². The van der Waals surface area contributed by atoms with Gasteiger partial charge in [-0.2, -0.15) is 0 Å². The normalized spacial score (nSPS) is 11.7. The van der Waals surface area contributed by atoms with Crippen molar-refractivity contribution < 1.29 is 14.6 Å². The predicted molar refractivity (Wildman–Crippen MR) is 93.5 cm³/mol. The van der Waals surface area contributed by atoms with Gasteiger partial charge >= 0.3 is 5.97 Å². The van der Waals surface area contributed by atoms with Gasteiger partial charge < -0.3 is 14.4 Å². The molecule has 5 nitrogen and oxygen atoms in total. The number of nitrogens with zero attached hydrogens (tertiary/aromatic N) is 2. The maximum absolute atomic E-state index is 11.5. The fraction of sp³-hybridized carbons (Fsp3) is 0.412. The zero-order valence-electron chi connectivity index (χ0n) is 14.2. The fourth-order valence-electron chi connectivity index (χ4n) is 2.29. The Morgan fingerprint density at radius 2 is 1.91 bits per heavy atom. The molecule has 124 valence electrons. The van der Waals surface area contributed by atoms with Crippen LogP contribution in [0, 0.1) is 6.92 Å². The summed E-state index contributed by atoms with van der Waals surface area (Å²) < 4.78 is 7.63. The molecule has 6 heteroatoms. The van der Waals surface area contributed by atoms with Gasteiger partial charge in [0.1, 0.15) is 12.6 Å². The number of rotatable bonds is 7. The first-order valence-corrected chi connectivity index (χ1v) is 11.4. The third kappa shape index (κ3) is 4.53. The Hall–Kier alpha value is -1.92. The predicted octanol–water partition coefficient (Wildman–Crippen LogP) is 3.87. The van der Waals surface area contributed by atoms with Crippen molar-refractivity contribution in [1.82, 2.24) is 9.55 Å². The molecule has 0 spiro atoms. The zero-order chi connectivity index (χ0) is 17.0. The third-order valence-corrected chi connectivity index (χ3v) is 5.33. The number of benzene rings is 1. The highest BCUT2D eigenvalue weighted by atomic mass is 28.3. The Morgan fingerprint density at radius 3 is 2.48 bits per heavy atom. The van der Waals surface area contributed by atoms with E-state index in [1.807, 2.05) is 34.9 Å². The van der Waals surface area contributed by atoms with Gasteiger partial charge in [-0.25, -0.2) is 9.78 Å². The van der Waals surface area contributed by atoms with Crippen LogP contribution in [0.4, 0.5) is 0 Å². The summed E-state index contributed by atoms with van der Waals surface area (Å²) in [6.07, 6.45) is 0. The Balaban J connectivity index is 2.27. The van der Waals surface area contributed by atoms with Crippen molar-refractivity contribution >= 4 is 14.0 Å². The summed E-state index contributed by atoms with van der Waals surface area (Å²) in [4.78, 5) is 15.7. The molecule has 1 aromatic heterocycles. The van der Waals surface area contributed by atoms with E-state index in [1.165, 1.54) is 0 Å². The lowest BCUT2D eigenvalue weighted by molar-refractivity contribution is 0.0691. The van der Waals surface area contributed by atoms with Crippen molar-refractivity contribution in [3.8, 4) is 11.3 Å². The molecule has 1 N–H and O–H groups in total. The van der Waals surface area contributed by atoms with E-state index < -0.39 is 14.0 Å². The van der Waals surface area contributed by atoms with Crippen molar-refractivity contribution in [3.05, 3.63) is 41.9 Å². The SMILES string of the molecule is Cc1nc(C(=O)O)c(-c2ccccc2)n1COCC[Si](C)(C)C. The van der Waals surface area contributed by atoms with Crippen LogP contribution in [0.2, 0.25) is 25.7 Å². The lowest BCUT2D eigenvalue weighted by Gasteiger charge is -2.17. The molecule has 1 aromatic carbocycles. The van der Waals surface area contributed by atoms with E-state index in [9.17, 15) is 9.90 Å². The Kier molecular flexibility index (Phi) is 5.38. The number of imidazole rings is 1. The van der Waals surface area contributed by atoms with Crippen molar-refractivity contribution in [2.24, 2.45) is 0 Å². The van der Waals surface area contributed by atoms with E-state index in [0.29, 0.717) is 24.9 Å². The van der Waals surface area contributed by atoms with Crippen molar-refractivity contribution in [2.45, 2.75) is 39.3 Å². The van der Waals surface area contributed by atoms with E-state index in [2.05, 4.69) is 24.6 Å². The van der Waals surface area contributed by atoms with Gasteiger partial charge in [0.25, 0.3) is 0 Å². The van der Waals surface area contributed by atoms with Crippen LogP contribution in [0.15, 0.2) is 30.3 Å². The highest BCUT2D eigenvalue weighted by molar-refractivity contribution is 6.76.